The third-order valence-corrected chi connectivity index (χ3v) is 6.13. The molecule has 1 aromatic heterocycles. The summed E-state index contributed by atoms with van der Waals surface area (Å²) in [5, 5.41) is 0.480. The van der Waals surface area contributed by atoms with Crippen LogP contribution in [-0.2, 0) is 28.9 Å². The molecular formula is C24H23N3O4. The van der Waals surface area contributed by atoms with Gasteiger partial charge in [0.1, 0.15) is 5.82 Å². The molecule has 0 fully saturated rings. The van der Waals surface area contributed by atoms with E-state index >= 15 is 0 Å². The Bertz CT molecular complexity index is 1280. The SMILES string of the molecule is C[C@H](OC(=O)c1ccc2c(=O)n3c(nc2c1)CCC3)C(=O)N1c2ccccc2C[C@@H]1C. The van der Waals surface area contributed by atoms with Crippen LogP contribution in [0.25, 0.3) is 10.9 Å². The molecule has 31 heavy (non-hydrogen) atoms. The summed E-state index contributed by atoms with van der Waals surface area (Å²) in [6.07, 6.45) is 1.49. The summed E-state index contributed by atoms with van der Waals surface area (Å²) in [7, 11) is 0. The molecule has 0 bridgehead atoms. The molecule has 0 radical (unpaired) electrons. The Morgan fingerprint density at radius 3 is 2.84 bits per heavy atom. The van der Waals surface area contributed by atoms with Crippen molar-refractivity contribution in [2.75, 3.05) is 4.90 Å². The number of aryl methyl sites for hydroxylation is 1. The molecule has 7 nitrogen and oxygen atoms in total. The zero-order valence-corrected chi connectivity index (χ0v) is 17.5. The Morgan fingerprint density at radius 2 is 2.00 bits per heavy atom. The number of hydrogen-bond donors (Lipinski definition) is 0. The number of aromatic nitrogens is 2. The third-order valence-electron chi connectivity index (χ3n) is 6.13. The smallest absolute Gasteiger partial charge is 0.338 e. The highest BCUT2D eigenvalue weighted by Gasteiger charge is 2.34. The van der Waals surface area contributed by atoms with Gasteiger partial charge in [0.25, 0.3) is 11.5 Å². The zero-order valence-electron chi connectivity index (χ0n) is 17.5. The van der Waals surface area contributed by atoms with E-state index in [4.69, 9.17) is 4.74 Å². The molecule has 3 aromatic rings. The summed E-state index contributed by atoms with van der Waals surface area (Å²) >= 11 is 0. The van der Waals surface area contributed by atoms with E-state index in [9.17, 15) is 14.4 Å². The molecule has 0 saturated heterocycles. The fraction of sp³-hybridized carbons (Fsp3) is 0.333. The van der Waals surface area contributed by atoms with E-state index in [1.807, 2.05) is 31.2 Å². The number of ether oxygens (including phenoxy) is 1. The van der Waals surface area contributed by atoms with Crippen LogP contribution >= 0.6 is 0 Å². The quantitative estimate of drug-likeness (QED) is 0.612. The van der Waals surface area contributed by atoms with Gasteiger partial charge in [-0.15, -0.1) is 0 Å². The number of para-hydroxylation sites is 1. The first-order valence-corrected chi connectivity index (χ1v) is 10.6. The van der Waals surface area contributed by atoms with Crippen molar-refractivity contribution in [1.29, 1.82) is 0 Å². The molecule has 1 amide bonds. The average molecular weight is 417 g/mol. The van der Waals surface area contributed by atoms with Crippen molar-refractivity contribution in [3.63, 3.8) is 0 Å². The number of rotatable bonds is 3. The van der Waals surface area contributed by atoms with Gasteiger partial charge in [0.15, 0.2) is 6.10 Å². The van der Waals surface area contributed by atoms with Crippen LogP contribution in [0.5, 0.6) is 0 Å². The minimum atomic E-state index is -0.935. The number of anilines is 1. The van der Waals surface area contributed by atoms with Crippen molar-refractivity contribution < 1.29 is 14.3 Å². The third kappa shape index (κ3) is 3.21. The van der Waals surface area contributed by atoms with Crippen molar-refractivity contribution in [3.8, 4) is 0 Å². The summed E-state index contributed by atoms with van der Waals surface area (Å²) in [5.74, 6) is -0.112. The van der Waals surface area contributed by atoms with Crippen molar-refractivity contribution in [2.24, 2.45) is 0 Å². The van der Waals surface area contributed by atoms with Crippen LogP contribution in [0.4, 0.5) is 5.69 Å². The van der Waals surface area contributed by atoms with E-state index in [1.54, 1.807) is 34.6 Å². The highest BCUT2D eigenvalue weighted by molar-refractivity contribution is 6.01. The molecule has 7 heteroatoms. The van der Waals surface area contributed by atoms with Gasteiger partial charge in [-0.05, 0) is 56.5 Å². The van der Waals surface area contributed by atoms with E-state index in [-0.39, 0.29) is 23.1 Å². The average Bonchev–Trinajstić information content (AvgIpc) is 3.36. The lowest BCUT2D eigenvalue weighted by molar-refractivity contribution is -0.126. The van der Waals surface area contributed by atoms with Gasteiger partial charge in [-0.2, -0.15) is 0 Å². The van der Waals surface area contributed by atoms with Crippen LogP contribution in [0.3, 0.4) is 0 Å². The maximum absolute atomic E-state index is 13.1. The number of fused-ring (bicyclic) bond motifs is 3. The van der Waals surface area contributed by atoms with Gasteiger partial charge < -0.3 is 9.64 Å². The van der Waals surface area contributed by atoms with Gasteiger partial charge in [-0.25, -0.2) is 9.78 Å². The lowest BCUT2D eigenvalue weighted by Gasteiger charge is -2.26. The van der Waals surface area contributed by atoms with Gasteiger partial charge >= 0.3 is 5.97 Å². The molecule has 2 aromatic carbocycles. The minimum Gasteiger partial charge on any atom is -0.449 e. The Labute approximate surface area is 179 Å². The lowest BCUT2D eigenvalue weighted by atomic mass is 10.1. The van der Waals surface area contributed by atoms with Crippen molar-refractivity contribution >= 4 is 28.5 Å². The molecule has 158 valence electrons. The van der Waals surface area contributed by atoms with Crippen LogP contribution in [0, 0.1) is 0 Å². The molecule has 2 atom stereocenters. The summed E-state index contributed by atoms with van der Waals surface area (Å²) in [5.41, 5.74) is 2.65. The predicted molar refractivity (Wildman–Crippen MR) is 116 cm³/mol. The molecule has 2 aliphatic heterocycles. The largest absolute Gasteiger partial charge is 0.449 e. The molecule has 0 saturated carbocycles. The first-order chi connectivity index (χ1) is 14.9. The van der Waals surface area contributed by atoms with Crippen LogP contribution < -0.4 is 10.5 Å². The fourth-order valence-corrected chi connectivity index (χ4v) is 4.59. The van der Waals surface area contributed by atoms with Crippen molar-refractivity contribution in [1.82, 2.24) is 9.55 Å². The number of carbonyl (C=O) groups excluding carboxylic acids is 2. The highest BCUT2D eigenvalue weighted by Crippen LogP contribution is 2.32. The van der Waals surface area contributed by atoms with Crippen LogP contribution in [0.2, 0.25) is 0 Å². The minimum absolute atomic E-state index is 0.00555. The van der Waals surface area contributed by atoms with Crippen LogP contribution in [0.1, 0.15) is 42.0 Å². The van der Waals surface area contributed by atoms with E-state index in [0.29, 0.717) is 17.4 Å². The molecule has 0 spiro atoms. The Balaban J connectivity index is 1.37. The van der Waals surface area contributed by atoms with Crippen molar-refractivity contribution in [2.45, 2.75) is 51.8 Å². The van der Waals surface area contributed by atoms with Crippen LogP contribution in [0.15, 0.2) is 47.3 Å². The summed E-state index contributed by atoms with van der Waals surface area (Å²) < 4.78 is 7.20. The second kappa shape index (κ2) is 7.34. The molecule has 5 rings (SSSR count). The first kappa shape index (κ1) is 19.5. The Kier molecular flexibility index (Phi) is 4.61. The van der Waals surface area contributed by atoms with Gasteiger partial charge in [-0.3, -0.25) is 14.2 Å². The van der Waals surface area contributed by atoms with Crippen molar-refractivity contribution in [3.05, 3.63) is 69.8 Å². The van der Waals surface area contributed by atoms with E-state index in [0.717, 1.165) is 36.3 Å². The maximum Gasteiger partial charge on any atom is 0.338 e. The Morgan fingerprint density at radius 1 is 1.19 bits per heavy atom. The molecule has 0 aliphatic carbocycles. The molecule has 0 N–H and O–H groups in total. The van der Waals surface area contributed by atoms with Gasteiger partial charge in [0, 0.05) is 24.7 Å². The molecule has 3 heterocycles. The molecule has 2 aliphatic rings. The standard InChI is InChI=1S/C24H23N3O4/c1-14-12-16-6-3-4-7-20(16)27(14)22(28)15(2)31-24(30)17-9-10-18-19(13-17)25-21-8-5-11-26(21)23(18)29/h3-4,6-7,9-10,13-15H,5,8,11-12H2,1-2H3/t14-,15-/m0/s1. The number of carbonyl (C=O) groups is 2. The number of esters is 1. The van der Waals surface area contributed by atoms with E-state index < -0.39 is 12.1 Å². The summed E-state index contributed by atoms with van der Waals surface area (Å²) in [6.45, 7) is 4.25. The topological polar surface area (TPSA) is 81.5 Å². The second-order valence-corrected chi connectivity index (χ2v) is 8.26. The molecular weight excluding hydrogens is 394 g/mol. The lowest BCUT2D eigenvalue weighted by Crippen LogP contribution is -2.43. The number of nitrogens with zero attached hydrogens (tertiary/aromatic N) is 3. The van der Waals surface area contributed by atoms with E-state index in [1.165, 1.54) is 0 Å². The van der Waals surface area contributed by atoms with Gasteiger partial charge in [0.2, 0.25) is 0 Å². The van der Waals surface area contributed by atoms with E-state index in [2.05, 4.69) is 4.98 Å². The Hall–Kier alpha value is -3.48. The van der Waals surface area contributed by atoms with Gasteiger partial charge in [-0.1, -0.05) is 18.2 Å². The summed E-state index contributed by atoms with van der Waals surface area (Å²) in [6, 6.07) is 12.5. The fourth-order valence-electron chi connectivity index (χ4n) is 4.59. The van der Waals surface area contributed by atoms with Gasteiger partial charge in [0.05, 0.1) is 16.5 Å². The first-order valence-electron chi connectivity index (χ1n) is 10.6. The monoisotopic (exact) mass is 417 g/mol. The normalized spacial score (nSPS) is 18.0. The predicted octanol–water partition coefficient (Wildman–Crippen LogP) is 2.87. The summed E-state index contributed by atoms with van der Waals surface area (Å²) in [4.78, 5) is 44.7. The number of benzene rings is 2. The number of hydrogen-bond acceptors (Lipinski definition) is 5. The maximum atomic E-state index is 13.1. The van der Waals surface area contributed by atoms with Crippen LogP contribution in [-0.4, -0.2) is 33.6 Å². The number of amides is 1. The second-order valence-electron chi connectivity index (χ2n) is 8.26. The zero-order chi connectivity index (χ0) is 21.7. The molecule has 0 unspecified atom stereocenters. The highest BCUT2D eigenvalue weighted by atomic mass is 16.5.